The number of hydrogen-bond acceptors (Lipinski definition) is 0. The Hall–Kier alpha value is -3.66. The van der Waals surface area contributed by atoms with Gasteiger partial charge in [0.2, 0.25) is 0 Å². The molecule has 0 atom stereocenters. The van der Waals surface area contributed by atoms with E-state index >= 15 is 0 Å². The Morgan fingerprint density at radius 2 is 0.565 bits per heavy atom. The van der Waals surface area contributed by atoms with Crippen molar-refractivity contribution < 1.29 is 40.0 Å². The summed E-state index contributed by atoms with van der Waals surface area (Å²) in [6.07, 6.45) is 4.97. The van der Waals surface area contributed by atoms with Crippen molar-refractivity contribution in [3.8, 4) is 0 Å². The average Bonchev–Trinajstić information content (AvgIpc) is 2.96. The monoisotopic (exact) mass is 649 g/mol. The van der Waals surface area contributed by atoms with Crippen LogP contribution in [0.2, 0.25) is 0 Å². The quantitative estimate of drug-likeness (QED) is 0.126. The van der Waals surface area contributed by atoms with Gasteiger partial charge in [-0.15, -0.1) is 0 Å². The van der Waals surface area contributed by atoms with Gasteiger partial charge in [0.25, 0.3) is 0 Å². The van der Waals surface area contributed by atoms with Crippen molar-refractivity contribution in [1.82, 2.24) is 0 Å². The van der Waals surface area contributed by atoms with E-state index in [1.807, 2.05) is 4.90 Å². The molecule has 0 aromatic heterocycles. The van der Waals surface area contributed by atoms with Crippen LogP contribution in [-0.4, -0.2) is 25.8 Å². The van der Waals surface area contributed by atoms with Crippen LogP contribution in [0.5, 0.6) is 0 Å². The average molecular weight is 650 g/mol. The third-order valence-electron chi connectivity index (χ3n) is 8.19. The molecule has 0 unspecified atom stereocenters. The van der Waals surface area contributed by atoms with Crippen LogP contribution in [0.15, 0.2) is 72.8 Å². The topological polar surface area (TPSA) is 4.44 Å². The molecule has 0 heterocycles. The summed E-state index contributed by atoms with van der Waals surface area (Å²) in [5, 5.41) is 0. The fourth-order valence-corrected chi connectivity index (χ4v) is 6.11. The number of rotatable bonds is 13. The molecule has 248 valence electrons. The van der Waals surface area contributed by atoms with Gasteiger partial charge in [-0.2, -0.15) is 21.9 Å². The van der Waals surface area contributed by atoms with Crippen molar-refractivity contribution in [2.24, 2.45) is 0 Å². The second-order valence-electron chi connectivity index (χ2n) is 11.7. The maximum Gasteiger partial charge on any atom is 0.123 e. The largest absolute Gasteiger partial charge is 0.335 e. The number of unbranched alkanes of at least 4 members (excludes halogenated alkanes) is 3. The number of nitrogens with one attached hydrogen (secondary N) is 1. The highest BCUT2D eigenvalue weighted by molar-refractivity contribution is 7.19. The first-order valence-electron chi connectivity index (χ1n) is 15.8. The van der Waals surface area contributed by atoms with Gasteiger partial charge in [-0.05, 0) is 19.3 Å². The van der Waals surface area contributed by atoms with Crippen molar-refractivity contribution in [2.75, 3.05) is 19.6 Å². The standard InChI is InChI=1S/C24H12BF8.C12H27N/c26-17-1-13(2-18(27)9-17)25(14-3-19(28)10-20(29)4-14,15-5-21(30)11-22(31)6-15)16-7-23(32)12-24(33)8-16;1-4-7-10-13(11-8-5-2)12-9-6-3/h1-12H;4-12H2,1-3H3/q-1;/p+1. The predicted octanol–water partition coefficient (Wildman–Crippen LogP) is 6.45. The summed E-state index contributed by atoms with van der Waals surface area (Å²) in [6.45, 7) is 11.1. The molecule has 0 radical (unpaired) electrons. The van der Waals surface area contributed by atoms with E-state index in [1.54, 1.807) is 0 Å². The number of hydrogen-bond donors (Lipinski definition) is 1. The summed E-state index contributed by atoms with van der Waals surface area (Å²) in [7, 11) is 0. The predicted molar refractivity (Wildman–Crippen MR) is 170 cm³/mol. The molecule has 4 aromatic rings. The lowest BCUT2D eigenvalue weighted by atomic mass is 9.13. The van der Waals surface area contributed by atoms with E-state index in [4.69, 9.17) is 0 Å². The van der Waals surface area contributed by atoms with Crippen molar-refractivity contribution in [1.29, 1.82) is 0 Å². The highest BCUT2D eigenvalue weighted by Crippen LogP contribution is 2.16. The third kappa shape index (κ3) is 9.67. The molecule has 0 aliphatic heterocycles. The van der Waals surface area contributed by atoms with Crippen molar-refractivity contribution in [3.05, 3.63) is 119 Å². The van der Waals surface area contributed by atoms with Gasteiger partial charge in [0.05, 0.1) is 19.6 Å². The molecule has 0 amide bonds. The molecule has 0 saturated heterocycles. The van der Waals surface area contributed by atoms with Gasteiger partial charge >= 0.3 is 0 Å². The molecule has 0 aliphatic rings. The van der Waals surface area contributed by atoms with E-state index in [-0.39, 0.29) is 21.9 Å². The molecule has 1 nitrogen and oxygen atoms in total. The second-order valence-corrected chi connectivity index (χ2v) is 11.7. The highest BCUT2D eigenvalue weighted by atomic mass is 19.2. The van der Waals surface area contributed by atoms with Gasteiger partial charge in [-0.25, -0.2) is 35.1 Å². The Kier molecular flexibility index (Phi) is 13.9. The van der Waals surface area contributed by atoms with Crippen LogP contribution in [0.25, 0.3) is 0 Å². The first-order chi connectivity index (χ1) is 21.9. The van der Waals surface area contributed by atoms with E-state index < -0.39 is 52.7 Å². The van der Waals surface area contributed by atoms with Gasteiger partial charge in [-0.1, -0.05) is 88.6 Å². The minimum atomic E-state index is -3.29. The molecule has 0 fully saturated rings. The molecule has 46 heavy (non-hydrogen) atoms. The third-order valence-corrected chi connectivity index (χ3v) is 8.19. The van der Waals surface area contributed by atoms with E-state index in [1.165, 1.54) is 58.2 Å². The van der Waals surface area contributed by atoms with Crippen LogP contribution < -0.4 is 26.8 Å². The normalized spacial score (nSPS) is 11.5. The second kappa shape index (κ2) is 17.3. The smallest absolute Gasteiger partial charge is 0.123 e. The van der Waals surface area contributed by atoms with Crippen LogP contribution in [-0.2, 0) is 0 Å². The van der Waals surface area contributed by atoms with Gasteiger partial charge in [-0.3, -0.25) is 0 Å². The Morgan fingerprint density at radius 3 is 0.739 bits per heavy atom. The maximum absolute atomic E-state index is 14.3. The minimum absolute atomic E-state index is 0.354. The van der Waals surface area contributed by atoms with E-state index in [2.05, 4.69) is 20.8 Å². The molecule has 1 N–H and O–H groups in total. The van der Waals surface area contributed by atoms with Crippen molar-refractivity contribution >= 4 is 28.0 Å². The lowest BCUT2D eigenvalue weighted by Gasteiger charge is -2.44. The van der Waals surface area contributed by atoms with E-state index in [9.17, 15) is 35.1 Å². The SMILES string of the molecule is CCCC[NH+](CCCC)CCCC.Fc1cc(F)cc([B-](c2cc(F)cc(F)c2)(c2cc(F)cc(F)c2)c2cc(F)cc(F)c2)c1. The Balaban J connectivity index is 0.000000376. The zero-order chi connectivity index (χ0) is 33.9. The van der Waals surface area contributed by atoms with Gasteiger partial charge in [0, 0.05) is 24.3 Å². The molecule has 0 saturated carbocycles. The van der Waals surface area contributed by atoms with Crippen LogP contribution in [0.4, 0.5) is 35.1 Å². The first-order valence-corrected chi connectivity index (χ1v) is 15.8. The molecule has 4 aromatic carbocycles. The summed E-state index contributed by atoms with van der Waals surface area (Å²) in [6, 6.07) is 8.24. The fourth-order valence-electron chi connectivity index (χ4n) is 6.11. The number of quaternary nitrogens is 1. The highest BCUT2D eigenvalue weighted by Gasteiger charge is 2.35. The summed E-state index contributed by atoms with van der Waals surface area (Å²) in [5.74, 6) is -8.99. The van der Waals surface area contributed by atoms with Gasteiger partial charge in [0.15, 0.2) is 0 Å². The summed E-state index contributed by atoms with van der Waals surface area (Å²) in [4.78, 5) is 1.84. The summed E-state index contributed by atoms with van der Waals surface area (Å²) < 4.78 is 114. The van der Waals surface area contributed by atoms with Gasteiger partial charge < -0.3 is 4.90 Å². The Bertz CT molecular complexity index is 1270. The number of halogens is 8. The molecular weight excluding hydrogens is 609 g/mol. The Labute approximate surface area is 266 Å². The van der Waals surface area contributed by atoms with Crippen LogP contribution in [0, 0.1) is 46.5 Å². The molecule has 4 rings (SSSR count). The molecule has 10 heteroatoms. The molecule has 0 bridgehead atoms. The lowest BCUT2D eigenvalue weighted by molar-refractivity contribution is -0.900. The zero-order valence-corrected chi connectivity index (χ0v) is 26.4. The van der Waals surface area contributed by atoms with Crippen LogP contribution >= 0.6 is 0 Å². The van der Waals surface area contributed by atoms with Crippen molar-refractivity contribution in [2.45, 2.75) is 59.3 Å². The lowest BCUT2D eigenvalue weighted by Crippen LogP contribution is -3.12. The molecule has 0 spiro atoms. The summed E-state index contributed by atoms with van der Waals surface area (Å²) >= 11 is 0. The van der Waals surface area contributed by atoms with E-state index in [0.29, 0.717) is 24.3 Å². The fraction of sp³-hybridized carbons (Fsp3) is 0.333. The van der Waals surface area contributed by atoms with Crippen LogP contribution in [0.3, 0.4) is 0 Å². The van der Waals surface area contributed by atoms with Crippen molar-refractivity contribution in [3.63, 3.8) is 0 Å². The molecule has 0 aliphatic carbocycles. The van der Waals surface area contributed by atoms with E-state index in [0.717, 1.165) is 48.5 Å². The minimum Gasteiger partial charge on any atom is -0.335 e. The Morgan fingerprint density at radius 1 is 0.370 bits per heavy atom. The zero-order valence-electron chi connectivity index (χ0n) is 26.4. The first kappa shape index (κ1) is 36.8. The maximum atomic E-state index is 14.3. The van der Waals surface area contributed by atoms with Crippen LogP contribution in [0.1, 0.15) is 59.3 Å². The number of benzene rings is 4. The van der Waals surface area contributed by atoms with Gasteiger partial charge in [0.1, 0.15) is 52.7 Å². The molecular formula is C36H40BF8N. The summed E-state index contributed by atoms with van der Waals surface area (Å²) in [5.41, 5.74) is -1.42.